The van der Waals surface area contributed by atoms with E-state index in [-0.39, 0.29) is 12.0 Å². The average molecular weight is 348 g/mol. The Balaban J connectivity index is 2.25. The predicted octanol–water partition coefficient (Wildman–Crippen LogP) is 4.73. The lowest BCUT2D eigenvalue weighted by molar-refractivity contribution is 0.242. The third kappa shape index (κ3) is 4.65. The summed E-state index contributed by atoms with van der Waals surface area (Å²) in [5, 5.41) is 0.633. The highest BCUT2D eigenvalue weighted by Gasteiger charge is 2.17. The Kier molecular flexibility index (Phi) is 6.52. The first-order chi connectivity index (χ1) is 11.4. The minimum absolute atomic E-state index is 0.0988. The van der Waals surface area contributed by atoms with Crippen LogP contribution in [0.2, 0.25) is 5.02 Å². The van der Waals surface area contributed by atoms with E-state index < -0.39 is 0 Å². The standard InChI is InChI=1S/C20H26ClNO2/c1-13(2)24-20-8-6-15(11-18(20)21)10-16(12-22)17-9-14(3)5-7-19(17)23-4/h5-9,11,13,16H,10,12,22H2,1-4H3. The van der Waals surface area contributed by atoms with Crippen LogP contribution < -0.4 is 15.2 Å². The third-order valence-electron chi connectivity index (χ3n) is 3.95. The zero-order valence-electron chi connectivity index (χ0n) is 14.8. The van der Waals surface area contributed by atoms with Crippen molar-refractivity contribution < 1.29 is 9.47 Å². The summed E-state index contributed by atoms with van der Waals surface area (Å²) in [5.74, 6) is 1.77. The maximum absolute atomic E-state index is 6.35. The molecule has 2 N–H and O–H groups in total. The third-order valence-corrected chi connectivity index (χ3v) is 4.25. The van der Waals surface area contributed by atoms with Crippen molar-refractivity contribution in [3.8, 4) is 11.5 Å². The molecule has 2 aromatic carbocycles. The summed E-state index contributed by atoms with van der Waals surface area (Å²) in [7, 11) is 1.69. The zero-order valence-corrected chi connectivity index (χ0v) is 15.6. The Labute approximate surface area is 149 Å². The van der Waals surface area contributed by atoms with Gasteiger partial charge in [-0.1, -0.05) is 35.4 Å². The number of benzene rings is 2. The summed E-state index contributed by atoms with van der Waals surface area (Å²) in [6, 6.07) is 12.1. The second-order valence-corrected chi connectivity index (χ2v) is 6.72. The van der Waals surface area contributed by atoms with Crippen LogP contribution in [-0.4, -0.2) is 19.8 Å². The summed E-state index contributed by atoms with van der Waals surface area (Å²) < 4.78 is 11.2. The molecule has 24 heavy (non-hydrogen) atoms. The molecule has 4 heteroatoms. The van der Waals surface area contributed by atoms with Gasteiger partial charge in [-0.2, -0.15) is 0 Å². The van der Waals surface area contributed by atoms with E-state index in [9.17, 15) is 0 Å². The van der Waals surface area contributed by atoms with Crippen molar-refractivity contribution in [1.29, 1.82) is 0 Å². The van der Waals surface area contributed by atoms with E-state index in [0.29, 0.717) is 17.3 Å². The topological polar surface area (TPSA) is 44.5 Å². The molecule has 1 unspecified atom stereocenters. The van der Waals surface area contributed by atoms with Gasteiger partial charge in [0.1, 0.15) is 11.5 Å². The molecule has 0 aromatic heterocycles. The molecule has 0 amide bonds. The highest BCUT2D eigenvalue weighted by Crippen LogP contribution is 2.32. The second kappa shape index (κ2) is 8.41. The van der Waals surface area contributed by atoms with Crippen LogP contribution in [0.25, 0.3) is 0 Å². The van der Waals surface area contributed by atoms with E-state index in [0.717, 1.165) is 23.3 Å². The van der Waals surface area contributed by atoms with Crippen LogP contribution in [0.1, 0.15) is 36.5 Å². The molecule has 0 heterocycles. The number of hydrogen-bond acceptors (Lipinski definition) is 3. The average Bonchev–Trinajstić information content (AvgIpc) is 2.54. The molecule has 0 saturated carbocycles. The Bertz CT molecular complexity index is 685. The molecule has 2 rings (SSSR count). The van der Waals surface area contributed by atoms with Crippen LogP contribution >= 0.6 is 11.6 Å². The Morgan fingerprint density at radius 2 is 1.79 bits per heavy atom. The smallest absolute Gasteiger partial charge is 0.138 e. The van der Waals surface area contributed by atoms with Crippen LogP contribution in [0.3, 0.4) is 0 Å². The molecular weight excluding hydrogens is 322 g/mol. The van der Waals surface area contributed by atoms with Gasteiger partial charge >= 0.3 is 0 Å². The van der Waals surface area contributed by atoms with Crippen LogP contribution in [-0.2, 0) is 6.42 Å². The van der Waals surface area contributed by atoms with Crippen molar-refractivity contribution in [3.63, 3.8) is 0 Å². The molecule has 0 radical (unpaired) electrons. The van der Waals surface area contributed by atoms with Gasteiger partial charge in [0, 0.05) is 5.92 Å². The highest BCUT2D eigenvalue weighted by atomic mass is 35.5. The number of rotatable bonds is 7. The van der Waals surface area contributed by atoms with E-state index in [1.165, 1.54) is 5.56 Å². The molecule has 1 atom stereocenters. The van der Waals surface area contributed by atoms with Gasteiger partial charge in [0.2, 0.25) is 0 Å². The van der Waals surface area contributed by atoms with Gasteiger partial charge in [0.05, 0.1) is 18.2 Å². The number of hydrogen-bond donors (Lipinski definition) is 1. The first-order valence-corrected chi connectivity index (χ1v) is 8.62. The molecule has 0 aliphatic rings. The van der Waals surface area contributed by atoms with Crippen LogP contribution in [0.15, 0.2) is 36.4 Å². The largest absolute Gasteiger partial charge is 0.496 e. The van der Waals surface area contributed by atoms with E-state index in [2.05, 4.69) is 19.1 Å². The van der Waals surface area contributed by atoms with Crippen LogP contribution in [0, 0.1) is 6.92 Å². The molecule has 0 fully saturated rings. The fourth-order valence-electron chi connectivity index (χ4n) is 2.80. The predicted molar refractivity (Wildman–Crippen MR) is 100 cm³/mol. The van der Waals surface area contributed by atoms with Crippen molar-refractivity contribution in [2.45, 2.75) is 39.2 Å². The molecule has 0 saturated heterocycles. The molecule has 0 bridgehead atoms. The van der Waals surface area contributed by atoms with Crippen molar-refractivity contribution >= 4 is 11.6 Å². The number of halogens is 1. The Morgan fingerprint density at radius 3 is 2.38 bits per heavy atom. The maximum Gasteiger partial charge on any atom is 0.138 e. The number of methoxy groups -OCH3 is 1. The maximum atomic E-state index is 6.35. The molecular formula is C20H26ClNO2. The summed E-state index contributed by atoms with van der Waals surface area (Å²) in [5.41, 5.74) is 9.52. The summed E-state index contributed by atoms with van der Waals surface area (Å²) in [6.45, 7) is 6.59. The first-order valence-electron chi connectivity index (χ1n) is 8.24. The van der Waals surface area contributed by atoms with E-state index in [1.807, 2.05) is 38.1 Å². The van der Waals surface area contributed by atoms with E-state index >= 15 is 0 Å². The highest BCUT2D eigenvalue weighted by molar-refractivity contribution is 6.32. The summed E-state index contributed by atoms with van der Waals surface area (Å²) in [6.07, 6.45) is 0.902. The van der Waals surface area contributed by atoms with E-state index in [1.54, 1.807) is 7.11 Å². The van der Waals surface area contributed by atoms with Gasteiger partial charge < -0.3 is 15.2 Å². The summed E-state index contributed by atoms with van der Waals surface area (Å²) in [4.78, 5) is 0. The van der Waals surface area contributed by atoms with Gasteiger partial charge in [0.25, 0.3) is 0 Å². The fraction of sp³-hybridized carbons (Fsp3) is 0.400. The van der Waals surface area contributed by atoms with Crippen molar-refractivity contribution in [2.24, 2.45) is 5.73 Å². The van der Waals surface area contributed by atoms with Crippen LogP contribution in [0.5, 0.6) is 11.5 Å². The molecule has 0 aliphatic carbocycles. The van der Waals surface area contributed by atoms with Gasteiger partial charge in [-0.25, -0.2) is 0 Å². The number of nitrogens with two attached hydrogens (primary N) is 1. The van der Waals surface area contributed by atoms with Crippen LogP contribution in [0.4, 0.5) is 0 Å². The lowest BCUT2D eigenvalue weighted by atomic mass is 9.90. The van der Waals surface area contributed by atoms with Crippen molar-refractivity contribution in [3.05, 3.63) is 58.1 Å². The molecule has 130 valence electrons. The molecule has 3 nitrogen and oxygen atoms in total. The number of aryl methyl sites for hydroxylation is 1. The Morgan fingerprint density at radius 1 is 1.08 bits per heavy atom. The molecule has 0 aliphatic heterocycles. The minimum atomic E-state index is 0.0988. The number of ether oxygens (including phenoxy) is 2. The zero-order chi connectivity index (χ0) is 17.7. The van der Waals surface area contributed by atoms with Gasteiger partial charge in [-0.05, 0) is 63.1 Å². The lowest BCUT2D eigenvalue weighted by Crippen LogP contribution is -2.16. The lowest BCUT2D eigenvalue weighted by Gasteiger charge is -2.20. The van der Waals surface area contributed by atoms with Crippen molar-refractivity contribution in [2.75, 3.05) is 13.7 Å². The first kappa shape index (κ1) is 18.6. The molecule has 2 aromatic rings. The van der Waals surface area contributed by atoms with Gasteiger partial charge in [-0.15, -0.1) is 0 Å². The fourth-order valence-corrected chi connectivity index (χ4v) is 3.05. The summed E-state index contributed by atoms with van der Waals surface area (Å²) >= 11 is 6.35. The van der Waals surface area contributed by atoms with Gasteiger partial charge in [0.15, 0.2) is 0 Å². The molecule has 0 spiro atoms. The Hall–Kier alpha value is -1.71. The van der Waals surface area contributed by atoms with Crippen molar-refractivity contribution in [1.82, 2.24) is 0 Å². The van der Waals surface area contributed by atoms with Gasteiger partial charge in [-0.3, -0.25) is 0 Å². The normalized spacial score (nSPS) is 12.3. The minimum Gasteiger partial charge on any atom is -0.496 e. The quantitative estimate of drug-likeness (QED) is 0.787. The monoisotopic (exact) mass is 347 g/mol. The van der Waals surface area contributed by atoms with E-state index in [4.69, 9.17) is 26.8 Å². The SMILES string of the molecule is COc1ccc(C)cc1C(CN)Cc1ccc(OC(C)C)c(Cl)c1. The second-order valence-electron chi connectivity index (χ2n) is 6.31.